The number of hydrogen-bond acceptors (Lipinski definition) is 3. The fourth-order valence-electron chi connectivity index (χ4n) is 4.06. The first kappa shape index (κ1) is 25.6. The van der Waals surface area contributed by atoms with Crippen molar-refractivity contribution in [2.45, 2.75) is 26.2 Å². The highest BCUT2D eigenvalue weighted by Gasteiger charge is 2.19. The molecule has 0 atom stereocenters. The molecule has 6 heteroatoms. The molecule has 4 aromatic rings. The van der Waals surface area contributed by atoms with Crippen LogP contribution in [0.1, 0.15) is 30.9 Å². The predicted octanol–water partition coefficient (Wildman–Crippen LogP) is 5.86. The number of imidazole rings is 1. The number of aromatic nitrogens is 2. The van der Waals surface area contributed by atoms with Crippen molar-refractivity contribution in [3.8, 4) is 16.9 Å². The van der Waals surface area contributed by atoms with Gasteiger partial charge < -0.3 is 4.90 Å². The molecule has 4 rings (SSSR count). The highest BCUT2D eigenvalue weighted by Crippen LogP contribution is 2.25. The Balaban J connectivity index is 1.57. The maximum absolute atomic E-state index is 13.1. The molecule has 2 amide bonds. The van der Waals surface area contributed by atoms with E-state index in [9.17, 15) is 9.59 Å². The summed E-state index contributed by atoms with van der Waals surface area (Å²) in [5.41, 5.74) is 4.70. The second kappa shape index (κ2) is 12.0. The molecule has 0 radical (unpaired) electrons. The van der Waals surface area contributed by atoms with Crippen LogP contribution in [0.5, 0.6) is 0 Å². The van der Waals surface area contributed by atoms with Gasteiger partial charge in [-0.3, -0.25) is 19.5 Å². The van der Waals surface area contributed by atoms with Crippen molar-refractivity contribution in [2.75, 3.05) is 18.4 Å². The van der Waals surface area contributed by atoms with Gasteiger partial charge in [-0.2, -0.15) is 0 Å². The van der Waals surface area contributed by atoms with Crippen molar-refractivity contribution in [1.82, 2.24) is 14.5 Å². The number of nitrogens with zero attached hydrogens (tertiary/aromatic N) is 3. The second-order valence-electron chi connectivity index (χ2n) is 9.21. The van der Waals surface area contributed by atoms with Gasteiger partial charge >= 0.3 is 0 Å². The van der Waals surface area contributed by atoms with Gasteiger partial charge in [0.25, 0.3) is 0 Å². The zero-order valence-corrected chi connectivity index (χ0v) is 21.3. The Labute approximate surface area is 218 Å². The van der Waals surface area contributed by atoms with E-state index in [0.717, 1.165) is 22.5 Å². The first-order valence-corrected chi connectivity index (χ1v) is 12.4. The van der Waals surface area contributed by atoms with Crippen LogP contribution in [0, 0.1) is 0 Å². The van der Waals surface area contributed by atoms with Crippen LogP contribution in [0.25, 0.3) is 16.9 Å². The summed E-state index contributed by atoms with van der Waals surface area (Å²) < 4.78 is 1.87. The van der Waals surface area contributed by atoms with Gasteiger partial charge in [0.05, 0.1) is 12.1 Å². The standard InChI is InChI=1S/C31H32N4O2/c1-4-19-34(30(37)20-24-11-7-5-8-12-24)22-29(36)33-31-32-28(26-13-9-6-10-14-26)21-35(31)27-17-15-25(16-18-27)23(2)3/h4-18,21,23H,1,19-20,22H2,2-3H3,(H,32,33,36). The molecule has 0 aliphatic heterocycles. The Morgan fingerprint density at radius 2 is 1.62 bits per heavy atom. The lowest BCUT2D eigenvalue weighted by Gasteiger charge is -2.21. The van der Waals surface area contributed by atoms with Crippen LogP contribution in [0.4, 0.5) is 5.95 Å². The number of amides is 2. The molecule has 0 aliphatic carbocycles. The van der Waals surface area contributed by atoms with Crippen LogP contribution >= 0.6 is 0 Å². The molecule has 0 saturated heterocycles. The minimum atomic E-state index is -0.325. The number of hydrogen-bond donors (Lipinski definition) is 1. The average Bonchev–Trinajstić information content (AvgIpc) is 3.33. The van der Waals surface area contributed by atoms with Gasteiger partial charge in [-0.15, -0.1) is 6.58 Å². The van der Waals surface area contributed by atoms with E-state index in [-0.39, 0.29) is 31.3 Å². The number of carbonyl (C=O) groups excluding carboxylic acids is 2. The summed E-state index contributed by atoms with van der Waals surface area (Å²) in [6.45, 7) is 8.23. The maximum atomic E-state index is 13.1. The Kier molecular flexibility index (Phi) is 8.31. The van der Waals surface area contributed by atoms with Crippen molar-refractivity contribution in [1.29, 1.82) is 0 Å². The van der Waals surface area contributed by atoms with Gasteiger partial charge in [0.2, 0.25) is 17.8 Å². The van der Waals surface area contributed by atoms with E-state index in [1.165, 1.54) is 10.5 Å². The lowest BCUT2D eigenvalue weighted by molar-refractivity contribution is -0.133. The minimum absolute atomic E-state index is 0.0997. The third kappa shape index (κ3) is 6.61. The highest BCUT2D eigenvalue weighted by atomic mass is 16.2. The van der Waals surface area contributed by atoms with Crippen molar-refractivity contribution in [3.05, 3.63) is 115 Å². The zero-order valence-electron chi connectivity index (χ0n) is 21.3. The van der Waals surface area contributed by atoms with Crippen LogP contribution in [-0.4, -0.2) is 39.4 Å². The minimum Gasteiger partial charge on any atom is -0.329 e. The van der Waals surface area contributed by atoms with Crippen molar-refractivity contribution in [2.24, 2.45) is 0 Å². The number of rotatable bonds is 10. The summed E-state index contributed by atoms with van der Waals surface area (Å²) in [5.74, 6) is 0.350. The van der Waals surface area contributed by atoms with Gasteiger partial charge in [-0.1, -0.05) is 92.7 Å². The third-order valence-corrected chi connectivity index (χ3v) is 6.10. The molecule has 188 valence electrons. The van der Waals surface area contributed by atoms with Crippen LogP contribution < -0.4 is 5.32 Å². The van der Waals surface area contributed by atoms with E-state index in [4.69, 9.17) is 4.98 Å². The molecule has 3 aromatic carbocycles. The van der Waals surface area contributed by atoms with Crippen molar-refractivity contribution >= 4 is 17.8 Å². The van der Waals surface area contributed by atoms with E-state index >= 15 is 0 Å². The van der Waals surface area contributed by atoms with Crippen LogP contribution in [0.2, 0.25) is 0 Å². The van der Waals surface area contributed by atoms with E-state index in [0.29, 0.717) is 11.9 Å². The first-order valence-electron chi connectivity index (χ1n) is 12.4. The number of anilines is 1. The Morgan fingerprint density at radius 1 is 0.973 bits per heavy atom. The molecule has 1 aromatic heterocycles. The average molecular weight is 493 g/mol. The monoisotopic (exact) mass is 492 g/mol. The summed E-state index contributed by atoms with van der Waals surface area (Å²) in [5, 5.41) is 2.93. The quantitative estimate of drug-likeness (QED) is 0.282. The molecule has 0 saturated carbocycles. The van der Waals surface area contributed by atoms with Crippen LogP contribution in [0.15, 0.2) is 104 Å². The molecule has 6 nitrogen and oxygen atoms in total. The van der Waals surface area contributed by atoms with Gasteiger partial charge in [-0.25, -0.2) is 4.98 Å². The molecule has 1 N–H and O–H groups in total. The third-order valence-electron chi connectivity index (χ3n) is 6.10. The number of benzene rings is 3. The second-order valence-corrected chi connectivity index (χ2v) is 9.21. The summed E-state index contributed by atoms with van der Waals surface area (Å²) in [6, 6.07) is 27.5. The zero-order chi connectivity index (χ0) is 26.2. The molecule has 1 heterocycles. The molecule has 0 unspecified atom stereocenters. The topological polar surface area (TPSA) is 67.2 Å². The fraction of sp³-hybridized carbons (Fsp3) is 0.194. The first-order chi connectivity index (χ1) is 17.9. The Morgan fingerprint density at radius 3 is 2.24 bits per heavy atom. The van der Waals surface area contributed by atoms with Gasteiger partial charge in [-0.05, 0) is 29.2 Å². The predicted molar refractivity (Wildman–Crippen MR) is 149 cm³/mol. The Hall–Kier alpha value is -4.45. The summed E-state index contributed by atoms with van der Waals surface area (Å²) in [4.78, 5) is 32.3. The molecule has 0 fully saturated rings. The molecule has 37 heavy (non-hydrogen) atoms. The highest BCUT2D eigenvalue weighted by molar-refractivity contribution is 5.94. The van der Waals surface area contributed by atoms with Gasteiger partial charge in [0.1, 0.15) is 6.54 Å². The molecular formula is C31H32N4O2. The summed E-state index contributed by atoms with van der Waals surface area (Å²) >= 11 is 0. The van der Waals surface area contributed by atoms with E-state index in [1.54, 1.807) is 6.08 Å². The normalized spacial score (nSPS) is 10.8. The van der Waals surface area contributed by atoms with Crippen LogP contribution in [0.3, 0.4) is 0 Å². The Bertz CT molecular complexity index is 1340. The molecular weight excluding hydrogens is 460 g/mol. The largest absolute Gasteiger partial charge is 0.329 e. The van der Waals surface area contributed by atoms with E-state index < -0.39 is 0 Å². The summed E-state index contributed by atoms with van der Waals surface area (Å²) in [7, 11) is 0. The van der Waals surface area contributed by atoms with Crippen molar-refractivity contribution in [3.63, 3.8) is 0 Å². The van der Waals surface area contributed by atoms with Gasteiger partial charge in [0.15, 0.2) is 0 Å². The number of nitrogens with one attached hydrogen (secondary N) is 1. The fourth-order valence-corrected chi connectivity index (χ4v) is 4.06. The summed E-state index contributed by atoms with van der Waals surface area (Å²) in [6.07, 6.45) is 3.76. The molecule has 0 spiro atoms. The lowest BCUT2D eigenvalue weighted by Crippen LogP contribution is -2.39. The smallest absolute Gasteiger partial charge is 0.246 e. The number of carbonyl (C=O) groups is 2. The maximum Gasteiger partial charge on any atom is 0.246 e. The van der Waals surface area contributed by atoms with Gasteiger partial charge in [0, 0.05) is 24.0 Å². The molecule has 0 aliphatic rings. The molecule has 0 bridgehead atoms. The van der Waals surface area contributed by atoms with E-state index in [1.807, 2.05) is 83.6 Å². The van der Waals surface area contributed by atoms with E-state index in [2.05, 4.69) is 37.9 Å². The lowest BCUT2D eigenvalue weighted by atomic mass is 10.0. The van der Waals surface area contributed by atoms with Crippen LogP contribution in [-0.2, 0) is 16.0 Å². The van der Waals surface area contributed by atoms with Crippen molar-refractivity contribution < 1.29 is 9.59 Å². The SMILES string of the molecule is C=CCN(CC(=O)Nc1nc(-c2ccccc2)cn1-c1ccc(C(C)C)cc1)C(=O)Cc1ccccc1.